The molecule has 0 aliphatic rings. The van der Waals surface area contributed by atoms with Gasteiger partial charge in [-0.1, -0.05) is 39.3 Å². The average Bonchev–Trinajstić information content (AvgIpc) is 2.35. The predicted molar refractivity (Wildman–Crippen MR) is 83.9 cm³/mol. The highest BCUT2D eigenvalue weighted by Crippen LogP contribution is 2.27. The van der Waals surface area contributed by atoms with Crippen LogP contribution in [0.25, 0.3) is 0 Å². The summed E-state index contributed by atoms with van der Waals surface area (Å²) >= 11 is 0. The molecule has 1 aromatic rings. The summed E-state index contributed by atoms with van der Waals surface area (Å²) in [4.78, 5) is 0. The molecule has 0 amide bonds. The summed E-state index contributed by atoms with van der Waals surface area (Å²) in [5.41, 5.74) is 6.19. The second-order valence-corrected chi connectivity index (χ2v) is 6.90. The molecule has 0 radical (unpaired) electrons. The zero-order chi connectivity index (χ0) is 15.4. The summed E-state index contributed by atoms with van der Waals surface area (Å²) in [6.45, 7) is 10.8. The third-order valence-corrected chi connectivity index (χ3v) is 3.56. The zero-order valence-corrected chi connectivity index (χ0v) is 13.4. The molecule has 0 saturated heterocycles. The normalized spacial score (nSPS) is 14.2. The molecule has 0 aliphatic heterocycles. The van der Waals surface area contributed by atoms with Gasteiger partial charge in [0.15, 0.2) is 0 Å². The smallest absolute Gasteiger partial charge is 0.119 e. The van der Waals surface area contributed by atoms with Gasteiger partial charge in [0.25, 0.3) is 0 Å². The molecular formula is C17H29NO2. The summed E-state index contributed by atoms with van der Waals surface area (Å²) in [5.74, 6) is 0.848. The molecule has 1 aromatic carbocycles. The minimum absolute atomic E-state index is 0.191. The fraction of sp³-hybridized carbons (Fsp3) is 0.647. The van der Waals surface area contributed by atoms with Gasteiger partial charge < -0.3 is 15.6 Å². The summed E-state index contributed by atoms with van der Waals surface area (Å²) in [6.07, 6.45) is 2.31. The maximum absolute atomic E-state index is 9.92. The number of hydrogen-bond acceptors (Lipinski definition) is 3. The molecule has 0 spiro atoms. The Hall–Kier alpha value is -1.06. The molecule has 0 aromatic heterocycles. The highest BCUT2D eigenvalue weighted by Gasteiger charge is 2.24. The highest BCUT2D eigenvalue weighted by molar-refractivity contribution is 5.30. The SMILES string of the molecule is CCCC(C)(C)COc1ccc(C(N)C(C)(C)O)cc1. The molecular weight excluding hydrogens is 250 g/mol. The van der Waals surface area contributed by atoms with Crippen LogP contribution >= 0.6 is 0 Å². The summed E-state index contributed by atoms with van der Waals surface area (Å²) < 4.78 is 5.84. The lowest BCUT2D eigenvalue weighted by Crippen LogP contribution is -2.34. The van der Waals surface area contributed by atoms with Crippen molar-refractivity contribution in [2.45, 2.75) is 59.1 Å². The third-order valence-electron chi connectivity index (χ3n) is 3.56. The van der Waals surface area contributed by atoms with Crippen LogP contribution in [0.15, 0.2) is 24.3 Å². The van der Waals surface area contributed by atoms with Crippen LogP contribution in [0.5, 0.6) is 5.75 Å². The van der Waals surface area contributed by atoms with Crippen LogP contribution in [-0.4, -0.2) is 17.3 Å². The first kappa shape index (κ1) is 17.0. The number of hydrogen-bond donors (Lipinski definition) is 2. The highest BCUT2D eigenvalue weighted by atomic mass is 16.5. The molecule has 1 atom stereocenters. The molecule has 0 aliphatic carbocycles. The van der Waals surface area contributed by atoms with Crippen molar-refractivity contribution in [3.63, 3.8) is 0 Å². The van der Waals surface area contributed by atoms with Crippen LogP contribution in [0, 0.1) is 5.41 Å². The first-order valence-electron chi connectivity index (χ1n) is 7.36. The fourth-order valence-electron chi connectivity index (χ4n) is 2.21. The van der Waals surface area contributed by atoms with Gasteiger partial charge in [-0.2, -0.15) is 0 Å². The lowest BCUT2D eigenvalue weighted by molar-refractivity contribution is 0.0517. The molecule has 3 heteroatoms. The van der Waals surface area contributed by atoms with Gasteiger partial charge in [-0.25, -0.2) is 0 Å². The molecule has 114 valence electrons. The number of nitrogens with two attached hydrogens (primary N) is 1. The Balaban J connectivity index is 2.64. The minimum atomic E-state index is -0.925. The third kappa shape index (κ3) is 5.14. The van der Waals surface area contributed by atoms with Gasteiger partial charge in [-0.3, -0.25) is 0 Å². The summed E-state index contributed by atoms with van der Waals surface area (Å²) in [7, 11) is 0. The van der Waals surface area contributed by atoms with Crippen LogP contribution in [0.2, 0.25) is 0 Å². The predicted octanol–water partition coefficient (Wildman–Crippen LogP) is 3.66. The maximum Gasteiger partial charge on any atom is 0.119 e. The first-order valence-corrected chi connectivity index (χ1v) is 7.36. The van der Waals surface area contributed by atoms with E-state index in [1.165, 1.54) is 0 Å². The summed E-state index contributed by atoms with van der Waals surface area (Å²) in [5, 5.41) is 9.92. The first-order chi connectivity index (χ1) is 9.15. The monoisotopic (exact) mass is 279 g/mol. The summed E-state index contributed by atoms with van der Waals surface area (Å²) in [6, 6.07) is 7.29. The maximum atomic E-state index is 9.92. The Morgan fingerprint density at radius 3 is 2.15 bits per heavy atom. The number of ether oxygens (including phenoxy) is 1. The second kappa shape index (κ2) is 6.59. The van der Waals surface area contributed by atoms with Crippen molar-refractivity contribution < 1.29 is 9.84 Å². The molecule has 1 rings (SSSR count). The van der Waals surface area contributed by atoms with Crippen molar-refractivity contribution in [2.75, 3.05) is 6.61 Å². The Kier molecular flexibility index (Phi) is 5.60. The number of benzene rings is 1. The molecule has 3 N–H and O–H groups in total. The average molecular weight is 279 g/mol. The molecule has 3 nitrogen and oxygen atoms in total. The van der Waals surface area contributed by atoms with Crippen LogP contribution in [0.1, 0.15) is 59.1 Å². The van der Waals surface area contributed by atoms with Crippen molar-refractivity contribution in [1.82, 2.24) is 0 Å². The van der Waals surface area contributed by atoms with Gasteiger partial charge >= 0.3 is 0 Å². The van der Waals surface area contributed by atoms with Crippen molar-refractivity contribution in [1.29, 1.82) is 0 Å². The van der Waals surface area contributed by atoms with Crippen LogP contribution in [0.3, 0.4) is 0 Å². The molecule has 0 heterocycles. The van der Waals surface area contributed by atoms with Gasteiger partial charge in [0, 0.05) is 0 Å². The van der Waals surface area contributed by atoms with E-state index in [4.69, 9.17) is 10.5 Å². The van der Waals surface area contributed by atoms with E-state index in [1.54, 1.807) is 13.8 Å². The van der Waals surface area contributed by atoms with E-state index in [0.29, 0.717) is 6.61 Å². The second-order valence-electron chi connectivity index (χ2n) is 6.90. The van der Waals surface area contributed by atoms with E-state index in [2.05, 4.69) is 20.8 Å². The van der Waals surface area contributed by atoms with Crippen molar-refractivity contribution in [3.8, 4) is 5.75 Å². The van der Waals surface area contributed by atoms with Crippen LogP contribution < -0.4 is 10.5 Å². The number of rotatable bonds is 7. The minimum Gasteiger partial charge on any atom is -0.493 e. The molecule has 0 saturated carbocycles. The molecule has 0 fully saturated rings. The van der Waals surface area contributed by atoms with Crippen LogP contribution in [-0.2, 0) is 0 Å². The molecule has 1 unspecified atom stereocenters. The van der Waals surface area contributed by atoms with Gasteiger partial charge in [-0.15, -0.1) is 0 Å². The van der Waals surface area contributed by atoms with Crippen molar-refractivity contribution >= 4 is 0 Å². The standard InChI is InChI=1S/C17H29NO2/c1-6-11-16(2,3)12-20-14-9-7-13(8-10-14)15(18)17(4,5)19/h7-10,15,19H,6,11-12,18H2,1-5H3. The largest absolute Gasteiger partial charge is 0.493 e. The topological polar surface area (TPSA) is 55.5 Å². The van der Waals surface area contributed by atoms with E-state index in [1.807, 2.05) is 24.3 Å². The van der Waals surface area contributed by atoms with Crippen molar-refractivity contribution in [3.05, 3.63) is 29.8 Å². The number of aliphatic hydroxyl groups is 1. The Morgan fingerprint density at radius 2 is 1.70 bits per heavy atom. The fourth-order valence-corrected chi connectivity index (χ4v) is 2.21. The van der Waals surface area contributed by atoms with E-state index < -0.39 is 11.6 Å². The Morgan fingerprint density at radius 1 is 1.15 bits per heavy atom. The van der Waals surface area contributed by atoms with Gasteiger partial charge in [-0.05, 0) is 43.4 Å². The molecule has 20 heavy (non-hydrogen) atoms. The van der Waals surface area contributed by atoms with E-state index in [0.717, 1.165) is 24.2 Å². The molecule has 0 bridgehead atoms. The quantitative estimate of drug-likeness (QED) is 0.801. The Bertz CT molecular complexity index is 404. The van der Waals surface area contributed by atoms with Gasteiger partial charge in [0.1, 0.15) is 5.75 Å². The van der Waals surface area contributed by atoms with Gasteiger partial charge in [0.2, 0.25) is 0 Å². The van der Waals surface area contributed by atoms with Crippen LogP contribution in [0.4, 0.5) is 0 Å². The van der Waals surface area contributed by atoms with E-state index in [-0.39, 0.29) is 5.41 Å². The van der Waals surface area contributed by atoms with E-state index in [9.17, 15) is 5.11 Å². The Labute approximate surface area is 123 Å². The van der Waals surface area contributed by atoms with Gasteiger partial charge in [0.05, 0.1) is 18.2 Å². The zero-order valence-electron chi connectivity index (χ0n) is 13.4. The lowest BCUT2D eigenvalue weighted by atomic mass is 9.89. The van der Waals surface area contributed by atoms with E-state index >= 15 is 0 Å². The van der Waals surface area contributed by atoms with Crippen molar-refractivity contribution in [2.24, 2.45) is 11.1 Å². The lowest BCUT2D eigenvalue weighted by Gasteiger charge is -2.26.